The molecule has 0 aliphatic carbocycles. The lowest BCUT2D eigenvalue weighted by molar-refractivity contribution is -0.608. The van der Waals surface area contributed by atoms with Crippen molar-refractivity contribution in [2.75, 3.05) is 0 Å². The Balaban J connectivity index is 1.66. The summed E-state index contributed by atoms with van der Waals surface area (Å²) in [5.74, 6) is -0.142. The van der Waals surface area contributed by atoms with E-state index in [4.69, 9.17) is 9.26 Å². The van der Waals surface area contributed by atoms with Gasteiger partial charge in [0.15, 0.2) is 12.8 Å². The highest BCUT2D eigenvalue weighted by Crippen LogP contribution is 2.21. The van der Waals surface area contributed by atoms with E-state index in [1.165, 1.54) is 29.7 Å². The van der Waals surface area contributed by atoms with Gasteiger partial charge in [-0.2, -0.15) is 9.71 Å². The molecule has 3 aromatic heterocycles. The summed E-state index contributed by atoms with van der Waals surface area (Å²) in [6, 6.07) is 8.20. The number of carbonyl (C=O) groups excluding carboxylic acids is 1. The van der Waals surface area contributed by atoms with Crippen molar-refractivity contribution in [1.29, 1.82) is 0 Å². The van der Waals surface area contributed by atoms with Gasteiger partial charge in [-0.1, -0.05) is 11.2 Å². The predicted molar refractivity (Wildman–Crippen MR) is 72.1 cm³/mol. The summed E-state index contributed by atoms with van der Waals surface area (Å²) in [6.45, 7) is -0.188. The fourth-order valence-electron chi connectivity index (χ4n) is 1.61. The number of thiophene rings is 1. The normalized spacial score (nSPS) is 10.5. The lowest BCUT2D eigenvalue weighted by atomic mass is 10.3. The number of pyridine rings is 1. The minimum absolute atomic E-state index is 0.101. The number of hydrogen-bond acceptors (Lipinski definition) is 7. The maximum Gasteiger partial charge on any atom is 0.405 e. The highest BCUT2D eigenvalue weighted by molar-refractivity contribution is 7.13. The third kappa shape index (κ3) is 2.90. The molecule has 0 fully saturated rings. The van der Waals surface area contributed by atoms with Gasteiger partial charge in [0.1, 0.15) is 0 Å². The van der Waals surface area contributed by atoms with E-state index in [2.05, 4.69) is 10.1 Å². The number of ether oxygens (including phenoxy) is 1. The first-order valence-electron chi connectivity index (χ1n) is 5.96. The van der Waals surface area contributed by atoms with Crippen molar-refractivity contribution in [1.82, 2.24) is 10.1 Å². The van der Waals surface area contributed by atoms with E-state index >= 15 is 0 Å². The molecule has 3 rings (SSSR count). The Hall–Kier alpha value is -2.74. The smallest absolute Gasteiger partial charge is 0.405 e. The van der Waals surface area contributed by atoms with Gasteiger partial charge in [0.25, 0.3) is 5.89 Å². The van der Waals surface area contributed by atoms with E-state index in [0.29, 0.717) is 10.6 Å². The van der Waals surface area contributed by atoms with Crippen LogP contribution in [0.3, 0.4) is 0 Å². The molecule has 0 aliphatic rings. The molecule has 8 heteroatoms. The Morgan fingerprint density at radius 1 is 1.38 bits per heavy atom. The highest BCUT2D eigenvalue weighted by atomic mass is 32.1. The summed E-state index contributed by atoms with van der Waals surface area (Å²) in [4.78, 5) is 16.7. The Morgan fingerprint density at radius 2 is 2.29 bits per heavy atom. The van der Waals surface area contributed by atoms with E-state index in [-0.39, 0.29) is 18.2 Å². The largest absolute Gasteiger partial charge is 0.618 e. The van der Waals surface area contributed by atoms with Gasteiger partial charge in [0.2, 0.25) is 5.82 Å². The van der Waals surface area contributed by atoms with Crippen molar-refractivity contribution in [2.24, 2.45) is 0 Å². The Kier molecular flexibility index (Phi) is 3.61. The van der Waals surface area contributed by atoms with Gasteiger partial charge in [-0.15, -0.1) is 11.3 Å². The number of esters is 1. The zero-order valence-corrected chi connectivity index (χ0v) is 11.4. The van der Waals surface area contributed by atoms with Crippen LogP contribution in [-0.4, -0.2) is 16.1 Å². The molecule has 0 saturated carbocycles. The second kappa shape index (κ2) is 5.71. The molecule has 0 radical (unpaired) electrons. The maximum atomic E-state index is 11.7. The van der Waals surface area contributed by atoms with Gasteiger partial charge in [-0.05, 0) is 17.5 Å². The van der Waals surface area contributed by atoms with E-state index in [1.54, 1.807) is 6.07 Å². The molecule has 0 atom stereocenters. The predicted octanol–water partition coefficient (Wildman–Crippen LogP) is 1.79. The number of rotatable bonds is 4. The molecule has 0 spiro atoms. The van der Waals surface area contributed by atoms with Crippen LogP contribution in [0.5, 0.6) is 0 Å². The van der Waals surface area contributed by atoms with Crippen molar-refractivity contribution in [3.05, 3.63) is 58.7 Å². The number of carbonyl (C=O) groups is 1. The van der Waals surface area contributed by atoms with Crippen LogP contribution in [0.25, 0.3) is 10.7 Å². The van der Waals surface area contributed by atoms with Gasteiger partial charge in [0, 0.05) is 12.1 Å². The lowest BCUT2D eigenvalue weighted by Crippen LogP contribution is -2.34. The zero-order valence-electron chi connectivity index (χ0n) is 10.6. The molecular formula is C13H9N3O4S. The monoisotopic (exact) mass is 303 g/mol. The van der Waals surface area contributed by atoms with Crippen molar-refractivity contribution < 1.29 is 18.8 Å². The topological polar surface area (TPSA) is 92.2 Å². The molecule has 7 nitrogen and oxygen atoms in total. The number of hydrogen-bond donors (Lipinski definition) is 0. The number of aromatic nitrogens is 3. The van der Waals surface area contributed by atoms with Gasteiger partial charge < -0.3 is 14.5 Å². The van der Waals surface area contributed by atoms with Crippen LogP contribution in [0.4, 0.5) is 0 Å². The van der Waals surface area contributed by atoms with Gasteiger partial charge >= 0.3 is 11.7 Å². The minimum Gasteiger partial charge on any atom is -0.618 e. The van der Waals surface area contributed by atoms with Gasteiger partial charge in [-0.3, -0.25) is 0 Å². The average Bonchev–Trinajstić information content (AvgIpc) is 3.16. The second-order valence-electron chi connectivity index (χ2n) is 3.98. The third-order valence-electron chi connectivity index (χ3n) is 2.57. The summed E-state index contributed by atoms with van der Waals surface area (Å²) in [5, 5.41) is 17.1. The Morgan fingerprint density at radius 3 is 3.05 bits per heavy atom. The molecule has 0 N–H and O–H groups in total. The van der Waals surface area contributed by atoms with Crippen molar-refractivity contribution in [3.63, 3.8) is 0 Å². The zero-order chi connectivity index (χ0) is 14.7. The molecule has 0 bridgehead atoms. The highest BCUT2D eigenvalue weighted by Gasteiger charge is 2.18. The first-order valence-corrected chi connectivity index (χ1v) is 6.84. The molecule has 106 valence electrons. The molecule has 0 amide bonds. The molecule has 0 saturated heterocycles. The van der Waals surface area contributed by atoms with Crippen LogP contribution in [0.1, 0.15) is 16.4 Å². The average molecular weight is 303 g/mol. The van der Waals surface area contributed by atoms with Gasteiger partial charge in [0.05, 0.1) is 4.88 Å². The molecule has 0 unspecified atom stereocenters. The minimum atomic E-state index is -0.749. The number of nitrogens with zero attached hydrogens (tertiary/aromatic N) is 3. The SMILES string of the molecule is O=C(OCc1nc(-c2cccs2)no1)c1cccc[n+]1[O-]. The lowest BCUT2D eigenvalue weighted by Gasteiger charge is -2.02. The summed E-state index contributed by atoms with van der Waals surface area (Å²) in [5.41, 5.74) is -0.101. The fourth-order valence-corrected chi connectivity index (χ4v) is 2.26. The summed E-state index contributed by atoms with van der Waals surface area (Å²) in [7, 11) is 0. The van der Waals surface area contributed by atoms with Crippen LogP contribution in [0.15, 0.2) is 46.4 Å². The third-order valence-corrected chi connectivity index (χ3v) is 3.44. The Labute approximate surface area is 123 Å². The Bertz CT molecular complexity index is 754. The van der Waals surface area contributed by atoms with Crippen LogP contribution < -0.4 is 4.73 Å². The fraction of sp³-hybridized carbons (Fsp3) is 0.0769. The van der Waals surface area contributed by atoms with Crippen molar-refractivity contribution >= 4 is 17.3 Å². The van der Waals surface area contributed by atoms with Gasteiger partial charge in [-0.25, -0.2) is 4.79 Å². The van der Waals surface area contributed by atoms with E-state index < -0.39 is 5.97 Å². The summed E-state index contributed by atoms with van der Waals surface area (Å²) >= 11 is 1.48. The second-order valence-corrected chi connectivity index (χ2v) is 4.92. The van der Waals surface area contributed by atoms with Crippen LogP contribution >= 0.6 is 11.3 Å². The van der Waals surface area contributed by atoms with Crippen LogP contribution in [0, 0.1) is 5.21 Å². The van der Waals surface area contributed by atoms with Crippen molar-refractivity contribution in [3.8, 4) is 10.7 Å². The molecule has 3 aromatic rings. The molecule has 0 aliphatic heterocycles. The molecule has 21 heavy (non-hydrogen) atoms. The molecule has 3 heterocycles. The van der Waals surface area contributed by atoms with E-state index in [9.17, 15) is 10.0 Å². The first kappa shape index (κ1) is 13.3. The van der Waals surface area contributed by atoms with Crippen LogP contribution in [-0.2, 0) is 11.3 Å². The molecular weight excluding hydrogens is 294 g/mol. The first-order chi connectivity index (χ1) is 10.2. The quantitative estimate of drug-likeness (QED) is 0.414. The summed E-state index contributed by atoms with van der Waals surface area (Å²) in [6.07, 6.45) is 1.22. The van der Waals surface area contributed by atoms with E-state index in [0.717, 1.165) is 4.88 Å². The maximum absolute atomic E-state index is 11.7. The molecule has 0 aromatic carbocycles. The van der Waals surface area contributed by atoms with Crippen molar-refractivity contribution in [2.45, 2.75) is 6.61 Å². The summed E-state index contributed by atoms with van der Waals surface area (Å²) < 4.78 is 10.4. The van der Waals surface area contributed by atoms with E-state index in [1.807, 2.05) is 17.5 Å². The standard InChI is InChI=1S/C13H9N3O4S/c17-13(9-4-1-2-6-16(9)18)19-8-11-14-12(15-20-11)10-5-3-7-21-10/h1-7H,8H2. The van der Waals surface area contributed by atoms with Crippen LogP contribution in [0.2, 0.25) is 0 Å².